The van der Waals surface area contributed by atoms with Crippen molar-refractivity contribution in [3.05, 3.63) is 41.5 Å². The highest BCUT2D eigenvalue weighted by Gasteiger charge is 2.22. The Bertz CT molecular complexity index is 496. The molecule has 20 heavy (non-hydrogen) atoms. The van der Waals surface area contributed by atoms with Gasteiger partial charge in [-0.3, -0.25) is 4.90 Å². The van der Waals surface area contributed by atoms with Gasteiger partial charge in [-0.05, 0) is 49.4 Å². The number of rotatable bonds is 4. The Morgan fingerprint density at radius 2 is 2.25 bits per heavy atom. The molecule has 2 atom stereocenters. The fraction of sp³-hybridized carbons (Fsp3) is 0.471. The molecule has 2 unspecified atom stereocenters. The van der Waals surface area contributed by atoms with Crippen LogP contribution in [-0.4, -0.2) is 28.6 Å². The fourth-order valence-electron chi connectivity index (χ4n) is 2.89. The lowest BCUT2D eigenvalue weighted by atomic mass is 9.93. The Kier molecular flexibility index (Phi) is 4.96. The van der Waals surface area contributed by atoms with Crippen molar-refractivity contribution >= 4 is 12.0 Å². The molecule has 0 aromatic heterocycles. The van der Waals surface area contributed by atoms with Gasteiger partial charge in [-0.15, -0.1) is 0 Å². The number of hydrogen-bond acceptors (Lipinski definition) is 2. The summed E-state index contributed by atoms with van der Waals surface area (Å²) in [5, 5.41) is 8.67. The molecule has 0 spiro atoms. The van der Waals surface area contributed by atoms with Crippen LogP contribution < -0.4 is 0 Å². The van der Waals surface area contributed by atoms with Gasteiger partial charge >= 0.3 is 5.97 Å². The van der Waals surface area contributed by atoms with Crippen LogP contribution in [0.15, 0.2) is 30.3 Å². The third-order valence-corrected chi connectivity index (χ3v) is 4.03. The van der Waals surface area contributed by atoms with Crippen molar-refractivity contribution in [3.8, 4) is 0 Å². The SMILES string of the molecule is CC1CCN(Cc2cccc(C=CC(=O)O)c2)C(C)C1. The summed E-state index contributed by atoms with van der Waals surface area (Å²) in [4.78, 5) is 13.1. The largest absolute Gasteiger partial charge is 0.478 e. The molecule has 0 radical (unpaired) electrons. The normalized spacial score (nSPS) is 24.1. The van der Waals surface area contributed by atoms with E-state index in [2.05, 4.69) is 30.9 Å². The molecule has 108 valence electrons. The van der Waals surface area contributed by atoms with Gasteiger partial charge in [0, 0.05) is 18.7 Å². The average molecular weight is 273 g/mol. The van der Waals surface area contributed by atoms with E-state index in [9.17, 15) is 4.79 Å². The molecule has 0 saturated carbocycles. The Balaban J connectivity index is 2.02. The van der Waals surface area contributed by atoms with Gasteiger partial charge < -0.3 is 5.11 Å². The molecule has 3 heteroatoms. The minimum Gasteiger partial charge on any atom is -0.478 e. The summed E-state index contributed by atoms with van der Waals surface area (Å²) in [5.74, 6) is -0.0832. The molecule has 0 amide bonds. The monoisotopic (exact) mass is 273 g/mol. The summed E-state index contributed by atoms with van der Waals surface area (Å²) in [6, 6.07) is 8.74. The maximum Gasteiger partial charge on any atom is 0.328 e. The molecular formula is C17H23NO2. The van der Waals surface area contributed by atoms with Crippen LogP contribution in [0.3, 0.4) is 0 Å². The standard InChI is InChI=1S/C17H23NO2/c1-13-8-9-18(14(2)10-13)12-16-5-3-4-15(11-16)6-7-17(19)20/h3-7,11,13-14H,8-10,12H2,1-2H3,(H,19,20). The summed E-state index contributed by atoms with van der Waals surface area (Å²) >= 11 is 0. The molecule has 1 fully saturated rings. The smallest absolute Gasteiger partial charge is 0.328 e. The summed E-state index contributed by atoms with van der Waals surface area (Å²) < 4.78 is 0. The first-order valence-electron chi connectivity index (χ1n) is 7.28. The first-order chi connectivity index (χ1) is 9.54. The number of carbonyl (C=O) groups is 1. The Morgan fingerprint density at radius 3 is 2.95 bits per heavy atom. The average Bonchev–Trinajstić information content (AvgIpc) is 2.40. The van der Waals surface area contributed by atoms with Crippen LogP contribution >= 0.6 is 0 Å². The Morgan fingerprint density at radius 1 is 1.45 bits per heavy atom. The van der Waals surface area contributed by atoms with E-state index in [1.807, 2.05) is 12.1 Å². The van der Waals surface area contributed by atoms with Crippen LogP contribution in [0, 0.1) is 5.92 Å². The van der Waals surface area contributed by atoms with Crippen molar-refractivity contribution in [2.45, 2.75) is 39.3 Å². The van der Waals surface area contributed by atoms with E-state index in [1.54, 1.807) is 6.08 Å². The first-order valence-corrected chi connectivity index (χ1v) is 7.28. The molecular weight excluding hydrogens is 250 g/mol. The van der Waals surface area contributed by atoms with Crippen LogP contribution in [0.25, 0.3) is 6.08 Å². The zero-order valence-electron chi connectivity index (χ0n) is 12.2. The topological polar surface area (TPSA) is 40.5 Å². The first kappa shape index (κ1) is 14.8. The second kappa shape index (κ2) is 6.71. The van der Waals surface area contributed by atoms with Gasteiger partial charge in [-0.1, -0.05) is 31.2 Å². The van der Waals surface area contributed by atoms with Crippen molar-refractivity contribution in [1.29, 1.82) is 0 Å². The zero-order valence-corrected chi connectivity index (χ0v) is 12.2. The molecule has 1 heterocycles. The number of carboxylic acids is 1. The lowest BCUT2D eigenvalue weighted by molar-refractivity contribution is -0.131. The van der Waals surface area contributed by atoms with Crippen LogP contribution in [-0.2, 0) is 11.3 Å². The summed E-state index contributed by atoms with van der Waals surface area (Å²) in [6.07, 6.45) is 5.36. The van der Waals surface area contributed by atoms with E-state index in [4.69, 9.17) is 5.11 Å². The highest BCUT2D eigenvalue weighted by atomic mass is 16.4. The molecule has 0 bridgehead atoms. The number of carboxylic acid groups (broad SMARTS) is 1. The minimum absolute atomic E-state index is 0.622. The minimum atomic E-state index is -0.908. The van der Waals surface area contributed by atoms with Crippen molar-refractivity contribution in [1.82, 2.24) is 4.90 Å². The third kappa shape index (κ3) is 4.20. The summed E-state index contributed by atoms with van der Waals surface area (Å²) in [5.41, 5.74) is 2.20. The maximum atomic E-state index is 10.6. The number of aliphatic carboxylic acids is 1. The van der Waals surface area contributed by atoms with Crippen molar-refractivity contribution in [2.75, 3.05) is 6.54 Å². The Labute approximate surface area is 120 Å². The quantitative estimate of drug-likeness (QED) is 0.855. The van der Waals surface area contributed by atoms with Gasteiger partial charge in [0.05, 0.1) is 0 Å². The number of nitrogens with zero attached hydrogens (tertiary/aromatic N) is 1. The van der Waals surface area contributed by atoms with Gasteiger partial charge in [0.1, 0.15) is 0 Å². The van der Waals surface area contributed by atoms with E-state index in [0.717, 1.165) is 24.6 Å². The van der Waals surface area contributed by atoms with Gasteiger partial charge in [0.15, 0.2) is 0 Å². The fourth-order valence-corrected chi connectivity index (χ4v) is 2.89. The molecule has 1 aliphatic heterocycles. The van der Waals surface area contributed by atoms with Gasteiger partial charge in [-0.2, -0.15) is 0 Å². The van der Waals surface area contributed by atoms with E-state index < -0.39 is 5.97 Å². The predicted octanol–water partition coefficient (Wildman–Crippen LogP) is 3.40. The summed E-state index contributed by atoms with van der Waals surface area (Å²) in [6.45, 7) is 6.72. The molecule has 3 nitrogen and oxygen atoms in total. The van der Waals surface area contributed by atoms with Gasteiger partial charge in [0.2, 0.25) is 0 Å². The van der Waals surface area contributed by atoms with Crippen molar-refractivity contribution in [3.63, 3.8) is 0 Å². The van der Waals surface area contributed by atoms with Crippen molar-refractivity contribution < 1.29 is 9.90 Å². The van der Waals surface area contributed by atoms with E-state index >= 15 is 0 Å². The molecule has 1 aromatic rings. The van der Waals surface area contributed by atoms with Crippen LogP contribution in [0.2, 0.25) is 0 Å². The molecule has 2 rings (SSSR count). The Hall–Kier alpha value is -1.61. The molecule has 1 N–H and O–H groups in total. The molecule has 1 aliphatic rings. The highest BCUT2D eigenvalue weighted by Crippen LogP contribution is 2.24. The second-order valence-corrected chi connectivity index (χ2v) is 5.87. The van der Waals surface area contributed by atoms with Crippen LogP contribution in [0.5, 0.6) is 0 Å². The molecule has 0 aliphatic carbocycles. The number of piperidine rings is 1. The summed E-state index contributed by atoms with van der Waals surface area (Å²) in [7, 11) is 0. The van der Waals surface area contributed by atoms with Crippen molar-refractivity contribution in [2.24, 2.45) is 5.92 Å². The van der Waals surface area contributed by atoms with Crippen LogP contribution in [0.1, 0.15) is 37.8 Å². The van der Waals surface area contributed by atoms with Crippen LogP contribution in [0.4, 0.5) is 0 Å². The predicted molar refractivity (Wildman–Crippen MR) is 81.4 cm³/mol. The highest BCUT2D eigenvalue weighted by molar-refractivity contribution is 5.85. The van der Waals surface area contributed by atoms with E-state index in [0.29, 0.717) is 6.04 Å². The van der Waals surface area contributed by atoms with E-state index in [-0.39, 0.29) is 0 Å². The lowest BCUT2D eigenvalue weighted by Gasteiger charge is -2.36. The van der Waals surface area contributed by atoms with Gasteiger partial charge in [0.25, 0.3) is 0 Å². The van der Waals surface area contributed by atoms with E-state index in [1.165, 1.54) is 24.5 Å². The number of hydrogen-bond donors (Lipinski definition) is 1. The molecule has 1 saturated heterocycles. The second-order valence-electron chi connectivity index (χ2n) is 5.87. The number of benzene rings is 1. The van der Waals surface area contributed by atoms with Gasteiger partial charge in [-0.25, -0.2) is 4.79 Å². The third-order valence-electron chi connectivity index (χ3n) is 4.03. The zero-order chi connectivity index (χ0) is 14.5. The maximum absolute atomic E-state index is 10.6. The lowest BCUT2D eigenvalue weighted by Crippen LogP contribution is -2.39. The molecule has 1 aromatic carbocycles. The number of likely N-dealkylation sites (tertiary alicyclic amines) is 1.